The number of hydrogen-bond acceptors (Lipinski definition) is 4. The van der Waals surface area contributed by atoms with E-state index in [1.54, 1.807) is 7.11 Å². The predicted molar refractivity (Wildman–Crippen MR) is 89.8 cm³/mol. The Morgan fingerprint density at radius 3 is 2.91 bits per heavy atom. The van der Waals surface area contributed by atoms with E-state index in [-0.39, 0.29) is 11.4 Å². The van der Waals surface area contributed by atoms with Gasteiger partial charge in [-0.05, 0) is 68.0 Å². The second kappa shape index (κ2) is 6.16. The van der Waals surface area contributed by atoms with E-state index >= 15 is 0 Å². The number of rotatable bonds is 4. The number of benzene rings is 1. The highest BCUT2D eigenvalue weighted by Gasteiger charge is 2.50. The molecular formula is C19H27NO3. The van der Waals surface area contributed by atoms with Gasteiger partial charge >= 0.3 is 5.97 Å². The molecule has 1 aliphatic heterocycles. The van der Waals surface area contributed by atoms with Crippen molar-refractivity contribution in [1.82, 2.24) is 4.90 Å². The molecule has 23 heavy (non-hydrogen) atoms. The standard InChI is InChI=1S/C19H27NO3/c1-5-23-18(21)12-16-17-10-13-6-7-14(22-4)11-15(13)19(16,2)8-9-20(17)3/h6-7,11,16-17H,5,8-10,12H2,1-4H3. The highest BCUT2D eigenvalue weighted by Crippen LogP contribution is 2.50. The third-order valence-electron chi connectivity index (χ3n) is 5.89. The van der Waals surface area contributed by atoms with Crippen LogP contribution in [0, 0.1) is 5.92 Å². The SMILES string of the molecule is CCOC(=O)CC1C2Cc3ccc(OC)cc3C1(C)CCN2C. The second-order valence-corrected chi connectivity index (χ2v) is 7.06. The Balaban J connectivity index is 2.01. The molecule has 0 N–H and O–H groups in total. The predicted octanol–water partition coefficient (Wildman–Crippen LogP) is 2.78. The van der Waals surface area contributed by atoms with Gasteiger partial charge in [0.2, 0.25) is 0 Å². The molecule has 3 rings (SSSR count). The summed E-state index contributed by atoms with van der Waals surface area (Å²) >= 11 is 0. The molecule has 0 saturated carbocycles. The molecule has 1 aromatic carbocycles. The third-order valence-corrected chi connectivity index (χ3v) is 5.89. The topological polar surface area (TPSA) is 38.8 Å². The van der Waals surface area contributed by atoms with E-state index in [4.69, 9.17) is 9.47 Å². The first-order valence-electron chi connectivity index (χ1n) is 8.53. The fraction of sp³-hybridized carbons (Fsp3) is 0.632. The zero-order valence-electron chi connectivity index (χ0n) is 14.6. The van der Waals surface area contributed by atoms with Crippen LogP contribution in [0.4, 0.5) is 0 Å². The Bertz CT molecular complexity index is 600. The summed E-state index contributed by atoms with van der Waals surface area (Å²) in [4.78, 5) is 14.6. The number of fused-ring (bicyclic) bond motifs is 4. The number of likely N-dealkylation sites (N-methyl/N-ethyl adjacent to an activating group) is 1. The lowest BCUT2D eigenvalue weighted by Crippen LogP contribution is -2.58. The van der Waals surface area contributed by atoms with Crippen LogP contribution in [0.15, 0.2) is 18.2 Å². The Morgan fingerprint density at radius 1 is 1.43 bits per heavy atom. The van der Waals surface area contributed by atoms with Crippen molar-refractivity contribution < 1.29 is 14.3 Å². The van der Waals surface area contributed by atoms with Gasteiger partial charge in [0, 0.05) is 6.04 Å². The lowest BCUT2D eigenvalue weighted by atomic mass is 9.57. The van der Waals surface area contributed by atoms with E-state index in [9.17, 15) is 4.79 Å². The van der Waals surface area contributed by atoms with Crippen molar-refractivity contribution >= 4 is 5.97 Å². The smallest absolute Gasteiger partial charge is 0.306 e. The number of ether oxygens (including phenoxy) is 2. The number of methoxy groups -OCH3 is 1. The molecule has 2 aliphatic rings. The van der Waals surface area contributed by atoms with Gasteiger partial charge in [-0.25, -0.2) is 0 Å². The van der Waals surface area contributed by atoms with Crippen molar-refractivity contribution in [2.75, 3.05) is 27.3 Å². The first-order chi connectivity index (χ1) is 11.0. The maximum atomic E-state index is 12.2. The number of likely N-dealkylation sites (tertiary alicyclic amines) is 1. The normalized spacial score (nSPS) is 29.7. The maximum absolute atomic E-state index is 12.2. The van der Waals surface area contributed by atoms with Crippen LogP contribution in [0.5, 0.6) is 5.75 Å². The molecular weight excluding hydrogens is 290 g/mol. The largest absolute Gasteiger partial charge is 0.497 e. The van der Waals surface area contributed by atoms with Crippen LogP contribution in [0.1, 0.15) is 37.8 Å². The summed E-state index contributed by atoms with van der Waals surface area (Å²) in [6, 6.07) is 6.82. The quantitative estimate of drug-likeness (QED) is 0.801. The van der Waals surface area contributed by atoms with Crippen LogP contribution < -0.4 is 4.74 Å². The van der Waals surface area contributed by atoms with Crippen molar-refractivity contribution in [1.29, 1.82) is 0 Å². The fourth-order valence-corrected chi connectivity index (χ4v) is 4.50. The molecule has 1 aliphatic carbocycles. The third kappa shape index (κ3) is 2.74. The maximum Gasteiger partial charge on any atom is 0.306 e. The molecule has 4 nitrogen and oxygen atoms in total. The van der Waals surface area contributed by atoms with Gasteiger partial charge in [0.05, 0.1) is 20.1 Å². The van der Waals surface area contributed by atoms with Crippen LogP contribution in [0.25, 0.3) is 0 Å². The zero-order chi connectivity index (χ0) is 16.6. The van der Waals surface area contributed by atoms with Crippen molar-refractivity contribution in [3.05, 3.63) is 29.3 Å². The summed E-state index contributed by atoms with van der Waals surface area (Å²) in [5, 5.41) is 0. The lowest BCUT2D eigenvalue weighted by Gasteiger charge is -2.54. The lowest BCUT2D eigenvalue weighted by molar-refractivity contribution is -0.146. The number of esters is 1. The van der Waals surface area contributed by atoms with E-state index in [1.807, 2.05) is 13.0 Å². The van der Waals surface area contributed by atoms with E-state index in [0.29, 0.717) is 25.0 Å². The van der Waals surface area contributed by atoms with Gasteiger partial charge < -0.3 is 14.4 Å². The first kappa shape index (κ1) is 16.3. The monoisotopic (exact) mass is 317 g/mol. The molecule has 1 saturated heterocycles. The van der Waals surface area contributed by atoms with Gasteiger partial charge in [-0.1, -0.05) is 13.0 Å². The number of carbonyl (C=O) groups is 1. The molecule has 0 amide bonds. The molecule has 1 heterocycles. The Morgan fingerprint density at radius 2 is 2.22 bits per heavy atom. The van der Waals surface area contributed by atoms with E-state index in [0.717, 1.165) is 25.1 Å². The molecule has 126 valence electrons. The number of piperidine rings is 1. The minimum Gasteiger partial charge on any atom is -0.497 e. The summed E-state index contributed by atoms with van der Waals surface area (Å²) < 4.78 is 10.7. The summed E-state index contributed by atoms with van der Waals surface area (Å²) in [6.07, 6.45) is 2.55. The van der Waals surface area contributed by atoms with E-state index in [2.05, 4.69) is 31.0 Å². The first-order valence-corrected chi connectivity index (χ1v) is 8.53. The minimum atomic E-state index is -0.0737. The fourth-order valence-electron chi connectivity index (χ4n) is 4.50. The van der Waals surface area contributed by atoms with Crippen LogP contribution in [-0.4, -0.2) is 44.2 Å². The van der Waals surface area contributed by atoms with Crippen molar-refractivity contribution in [3.63, 3.8) is 0 Å². The molecule has 3 atom stereocenters. The van der Waals surface area contributed by atoms with Crippen molar-refractivity contribution in [3.8, 4) is 5.75 Å². The molecule has 0 aromatic heterocycles. The van der Waals surface area contributed by atoms with Gasteiger partial charge in [0.1, 0.15) is 5.75 Å². The summed E-state index contributed by atoms with van der Waals surface area (Å²) in [5.41, 5.74) is 2.76. The van der Waals surface area contributed by atoms with Gasteiger partial charge in [-0.15, -0.1) is 0 Å². The van der Waals surface area contributed by atoms with Crippen LogP contribution in [-0.2, 0) is 21.4 Å². The molecule has 4 heteroatoms. The summed E-state index contributed by atoms with van der Waals surface area (Å²) in [7, 11) is 3.89. The average Bonchev–Trinajstić information content (AvgIpc) is 2.54. The second-order valence-electron chi connectivity index (χ2n) is 7.06. The highest BCUT2D eigenvalue weighted by atomic mass is 16.5. The number of hydrogen-bond donors (Lipinski definition) is 0. The zero-order valence-corrected chi connectivity index (χ0v) is 14.6. The van der Waals surface area contributed by atoms with E-state index < -0.39 is 0 Å². The Hall–Kier alpha value is -1.55. The van der Waals surface area contributed by atoms with Gasteiger partial charge in [-0.3, -0.25) is 4.79 Å². The average molecular weight is 317 g/mol. The van der Waals surface area contributed by atoms with Gasteiger partial charge in [0.15, 0.2) is 0 Å². The Labute approximate surface area is 138 Å². The number of nitrogens with zero attached hydrogens (tertiary/aromatic N) is 1. The van der Waals surface area contributed by atoms with Crippen molar-refractivity contribution in [2.45, 2.75) is 44.6 Å². The van der Waals surface area contributed by atoms with Gasteiger partial charge in [-0.2, -0.15) is 0 Å². The van der Waals surface area contributed by atoms with Crippen molar-refractivity contribution in [2.24, 2.45) is 5.92 Å². The summed E-state index contributed by atoms with van der Waals surface area (Å²) in [5.74, 6) is 1.12. The van der Waals surface area contributed by atoms with Crippen LogP contribution >= 0.6 is 0 Å². The molecule has 1 aromatic rings. The van der Waals surface area contributed by atoms with Gasteiger partial charge in [0.25, 0.3) is 0 Å². The molecule has 2 bridgehead atoms. The molecule has 1 fully saturated rings. The minimum absolute atomic E-state index is 0.00601. The van der Waals surface area contributed by atoms with Crippen LogP contribution in [0.3, 0.4) is 0 Å². The molecule has 0 radical (unpaired) electrons. The Kier molecular flexibility index (Phi) is 4.37. The van der Waals surface area contributed by atoms with Crippen LogP contribution in [0.2, 0.25) is 0 Å². The van der Waals surface area contributed by atoms with E-state index in [1.165, 1.54) is 11.1 Å². The highest BCUT2D eigenvalue weighted by molar-refractivity contribution is 5.70. The summed E-state index contributed by atoms with van der Waals surface area (Å²) in [6.45, 7) is 5.70. The molecule has 0 spiro atoms. The number of carbonyl (C=O) groups excluding carboxylic acids is 1. The molecule has 3 unspecified atom stereocenters.